The van der Waals surface area contributed by atoms with E-state index in [-0.39, 0.29) is 26.9 Å². The van der Waals surface area contributed by atoms with Crippen LogP contribution in [0.5, 0.6) is 0 Å². The summed E-state index contributed by atoms with van der Waals surface area (Å²) in [5.41, 5.74) is 0. The van der Waals surface area contributed by atoms with Crippen LogP contribution in [-0.4, -0.2) is 14.5 Å². The van der Waals surface area contributed by atoms with Gasteiger partial charge in [-0.25, -0.2) is 13.1 Å². The molecule has 0 heterocycles. The lowest BCUT2D eigenvalue weighted by Gasteiger charge is -2.18. The molecule has 1 aromatic carbocycles. The molecule has 102 valence electrons. The fourth-order valence-corrected chi connectivity index (χ4v) is 4.55. The molecular weight excluding hydrogens is 361 g/mol. The van der Waals surface area contributed by atoms with Crippen LogP contribution in [0.2, 0.25) is 10.0 Å². The van der Waals surface area contributed by atoms with Gasteiger partial charge in [0.2, 0.25) is 10.0 Å². The van der Waals surface area contributed by atoms with Crippen LogP contribution in [-0.2, 0) is 10.0 Å². The number of nitrogens with one attached hydrogen (secondary N) is 1. The van der Waals surface area contributed by atoms with Gasteiger partial charge in [0.15, 0.2) is 0 Å². The average Bonchev–Trinajstić information content (AvgIpc) is 2.13. The van der Waals surface area contributed by atoms with Gasteiger partial charge < -0.3 is 0 Å². The van der Waals surface area contributed by atoms with Crippen molar-refractivity contribution in [3.05, 3.63) is 26.7 Å². The normalized spacial score (nSPS) is 13.9. The maximum atomic E-state index is 12.2. The number of benzene rings is 1. The van der Waals surface area contributed by atoms with Gasteiger partial charge >= 0.3 is 0 Å². The molecule has 0 saturated carbocycles. The molecule has 0 aliphatic heterocycles. The van der Waals surface area contributed by atoms with Crippen LogP contribution in [0.25, 0.3) is 0 Å². The second kappa shape index (κ2) is 6.09. The SMILES string of the molecule is CC(C)[C@@H](C)NS(=O)(=O)c1c(Cl)cc(Br)cc1Cl. The maximum Gasteiger partial charge on any atom is 0.243 e. The first-order valence-electron chi connectivity index (χ1n) is 5.32. The molecule has 0 aliphatic rings. The lowest BCUT2D eigenvalue weighted by Crippen LogP contribution is -2.36. The van der Waals surface area contributed by atoms with Crippen molar-refractivity contribution in [1.29, 1.82) is 0 Å². The van der Waals surface area contributed by atoms with Gasteiger partial charge in [-0.15, -0.1) is 0 Å². The summed E-state index contributed by atoms with van der Waals surface area (Å²) in [6, 6.07) is 2.80. The molecule has 0 aliphatic carbocycles. The molecule has 0 radical (unpaired) electrons. The first-order chi connectivity index (χ1) is 8.15. The van der Waals surface area contributed by atoms with Crippen molar-refractivity contribution in [1.82, 2.24) is 4.72 Å². The predicted octanol–water partition coefficient (Wildman–Crippen LogP) is 4.08. The molecule has 0 amide bonds. The molecule has 7 heteroatoms. The maximum absolute atomic E-state index is 12.2. The predicted molar refractivity (Wildman–Crippen MR) is 78.8 cm³/mol. The number of halogens is 3. The first kappa shape index (κ1) is 16.2. The Morgan fingerprint density at radius 2 is 1.61 bits per heavy atom. The second-order valence-corrected chi connectivity index (χ2v) is 7.73. The summed E-state index contributed by atoms with van der Waals surface area (Å²) in [4.78, 5) is -0.0819. The summed E-state index contributed by atoms with van der Waals surface area (Å²) in [5, 5.41) is 0.190. The Bertz CT molecular complexity index is 523. The van der Waals surface area contributed by atoms with E-state index in [0.29, 0.717) is 4.47 Å². The monoisotopic (exact) mass is 373 g/mol. The van der Waals surface area contributed by atoms with E-state index in [0.717, 1.165) is 0 Å². The number of rotatable bonds is 4. The van der Waals surface area contributed by atoms with E-state index >= 15 is 0 Å². The minimum absolute atomic E-state index is 0.0819. The van der Waals surface area contributed by atoms with Crippen LogP contribution in [0.4, 0.5) is 0 Å². The van der Waals surface area contributed by atoms with Gasteiger partial charge in [0, 0.05) is 10.5 Å². The molecule has 0 saturated heterocycles. The summed E-state index contributed by atoms with van der Waals surface area (Å²) in [5.74, 6) is 0.174. The highest BCUT2D eigenvalue weighted by molar-refractivity contribution is 9.10. The highest BCUT2D eigenvalue weighted by Gasteiger charge is 2.25. The van der Waals surface area contributed by atoms with Gasteiger partial charge in [-0.1, -0.05) is 53.0 Å². The molecule has 3 nitrogen and oxygen atoms in total. The van der Waals surface area contributed by atoms with Crippen molar-refractivity contribution in [3.63, 3.8) is 0 Å². The topological polar surface area (TPSA) is 46.2 Å². The van der Waals surface area contributed by atoms with Crippen molar-refractivity contribution >= 4 is 49.2 Å². The van der Waals surface area contributed by atoms with Crippen LogP contribution in [0.3, 0.4) is 0 Å². The average molecular weight is 375 g/mol. The third-order valence-electron chi connectivity index (χ3n) is 2.57. The first-order valence-corrected chi connectivity index (χ1v) is 8.35. The highest BCUT2D eigenvalue weighted by atomic mass is 79.9. The lowest BCUT2D eigenvalue weighted by molar-refractivity contribution is 0.476. The molecule has 0 unspecified atom stereocenters. The highest BCUT2D eigenvalue weighted by Crippen LogP contribution is 2.32. The van der Waals surface area contributed by atoms with Crippen LogP contribution in [0, 0.1) is 5.92 Å². The second-order valence-electron chi connectivity index (χ2n) is 4.35. The third kappa shape index (κ3) is 3.84. The van der Waals surface area contributed by atoms with E-state index in [1.165, 1.54) is 12.1 Å². The summed E-state index contributed by atoms with van der Waals surface area (Å²) in [6.45, 7) is 5.65. The smallest absolute Gasteiger partial charge is 0.208 e. The molecule has 1 aromatic rings. The fraction of sp³-hybridized carbons (Fsp3) is 0.455. The molecule has 1 atom stereocenters. The van der Waals surface area contributed by atoms with Gasteiger partial charge in [0.25, 0.3) is 0 Å². The van der Waals surface area contributed by atoms with Crippen molar-refractivity contribution in [3.8, 4) is 0 Å². The largest absolute Gasteiger partial charge is 0.243 e. The molecule has 0 bridgehead atoms. The summed E-state index contributed by atoms with van der Waals surface area (Å²) in [7, 11) is -3.72. The molecule has 1 rings (SSSR count). The Balaban J connectivity index is 3.21. The van der Waals surface area contributed by atoms with E-state index in [4.69, 9.17) is 23.2 Å². The van der Waals surface area contributed by atoms with Gasteiger partial charge in [-0.2, -0.15) is 0 Å². The van der Waals surface area contributed by atoms with Gasteiger partial charge in [-0.3, -0.25) is 0 Å². The van der Waals surface area contributed by atoms with E-state index in [2.05, 4.69) is 20.7 Å². The van der Waals surface area contributed by atoms with Crippen molar-refractivity contribution in [2.75, 3.05) is 0 Å². The third-order valence-corrected chi connectivity index (χ3v) is 5.51. The standard InChI is InChI=1S/C11H14BrCl2NO2S/c1-6(2)7(3)15-18(16,17)11-9(13)4-8(12)5-10(11)14/h4-7,15H,1-3H3/t7-/m1/s1. The Labute approximate surface area is 126 Å². The molecule has 0 fully saturated rings. The van der Waals surface area contributed by atoms with Crippen LogP contribution in [0.15, 0.2) is 21.5 Å². The molecule has 0 aromatic heterocycles. The minimum atomic E-state index is -3.72. The zero-order chi connectivity index (χ0) is 14.1. The van der Waals surface area contributed by atoms with Crippen LogP contribution < -0.4 is 4.72 Å². The molecule has 18 heavy (non-hydrogen) atoms. The van der Waals surface area contributed by atoms with E-state index in [1.54, 1.807) is 6.92 Å². The summed E-state index contributed by atoms with van der Waals surface area (Å²) in [6.07, 6.45) is 0. The summed E-state index contributed by atoms with van der Waals surface area (Å²) >= 11 is 15.1. The molecule has 1 N–H and O–H groups in total. The van der Waals surface area contributed by atoms with E-state index in [9.17, 15) is 8.42 Å². The zero-order valence-electron chi connectivity index (χ0n) is 10.2. The number of hydrogen-bond acceptors (Lipinski definition) is 2. The van der Waals surface area contributed by atoms with Crippen LogP contribution in [0.1, 0.15) is 20.8 Å². The fourth-order valence-electron chi connectivity index (χ4n) is 1.23. The van der Waals surface area contributed by atoms with Gasteiger partial charge in [0.1, 0.15) is 4.90 Å². The molecule has 0 spiro atoms. The van der Waals surface area contributed by atoms with E-state index < -0.39 is 10.0 Å². The Hall–Kier alpha value is 0.190. The van der Waals surface area contributed by atoms with Gasteiger partial charge in [0.05, 0.1) is 10.0 Å². The minimum Gasteiger partial charge on any atom is -0.208 e. The summed E-state index contributed by atoms with van der Waals surface area (Å²) < 4.78 is 27.6. The zero-order valence-corrected chi connectivity index (χ0v) is 14.1. The quantitative estimate of drug-likeness (QED) is 0.862. The Morgan fingerprint density at radius 1 is 1.17 bits per heavy atom. The lowest BCUT2D eigenvalue weighted by atomic mass is 10.1. The number of sulfonamides is 1. The van der Waals surface area contributed by atoms with Crippen molar-refractivity contribution in [2.24, 2.45) is 5.92 Å². The van der Waals surface area contributed by atoms with E-state index in [1.807, 2.05) is 13.8 Å². The van der Waals surface area contributed by atoms with Gasteiger partial charge in [-0.05, 0) is 25.0 Å². The Kier molecular flexibility index (Phi) is 5.50. The number of hydrogen-bond donors (Lipinski definition) is 1. The molecular formula is C11H14BrCl2NO2S. The van der Waals surface area contributed by atoms with Crippen LogP contribution >= 0.6 is 39.1 Å². The van der Waals surface area contributed by atoms with Crippen molar-refractivity contribution in [2.45, 2.75) is 31.7 Å². The van der Waals surface area contributed by atoms with Crippen molar-refractivity contribution < 1.29 is 8.42 Å². The Morgan fingerprint density at radius 3 is 2.00 bits per heavy atom.